The van der Waals surface area contributed by atoms with E-state index in [9.17, 15) is 0 Å². The fourth-order valence-corrected chi connectivity index (χ4v) is 3.62. The largest absolute Gasteiger partial charge is 0.463 e. The lowest BCUT2D eigenvalue weighted by Gasteiger charge is -2.31. The molecule has 0 unspecified atom stereocenters. The Morgan fingerprint density at radius 1 is 1.19 bits per heavy atom. The average molecular weight is 361 g/mol. The summed E-state index contributed by atoms with van der Waals surface area (Å²) in [5, 5.41) is 0. The highest BCUT2D eigenvalue weighted by Gasteiger charge is 2.18. The van der Waals surface area contributed by atoms with Crippen LogP contribution in [-0.2, 0) is 6.54 Å². The zero-order valence-corrected chi connectivity index (χ0v) is 16.2. The Kier molecular flexibility index (Phi) is 6.66. The Bertz CT molecular complexity index is 693. The minimum absolute atomic E-state index is 0.358. The highest BCUT2D eigenvalue weighted by Crippen LogP contribution is 2.23. The van der Waals surface area contributed by atoms with Gasteiger partial charge in [-0.2, -0.15) is 9.97 Å². The predicted octanol–water partition coefficient (Wildman–Crippen LogP) is 3.10. The van der Waals surface area contributed by atoms with Crippen LogP contribution in [0.3, 0.4) is 0 Å². The Hall–Kier alpha value is -1.89. The van der Waals surface area contributed by atoms with Gasteiger partial charge in [0, 0.05) is 6.54 Å². The van der Waals surface area contributed by atoms with Crippen LogP contribution in [0.2, 0.25) is 0 Å². The number of nitrogens with zero attached hydrogens (tertiary/aromatic N) is 5. The summed E-state index contributed by atoms with van der Waals surface area (Å²) in [5.41, 5.74) is 7.49. The molecule has 26 heavy (non-hydrogen) atoms. The van der Waals surface area contributed by atoms with E-state index in [-0.39, 0.29) is 0 Å². The number of aryl methyl sites for hydroxylation is 1. The van der Waals surface area contributed by atoms with E-state index in [1.165, 1.54) is 38.9 Å². The van der Waals surface area contributed by atoms with Crippen LogP contribution in [0.15, 0.2) is 6.33 Å². The summed E-state index contributed by atoms with van der Waals surface area (Å²) in [6.45, 7) is 9.58. The molecule has 0 spiro atoms. The molecule has 7 heteroatoms. The Morgan fingerprint density at radius 2 is 2.00 bits per heavy atom. The Labute approximate surface area is 156 Å². The predicted molar refractivity (Wildman–Crippen MR) is 104 cm³/mol. The molecule has 1 fully saturated rings. The molecule has 2 N–H and O–H groups in total. The van der Waals surface area contributed by atoms with Crippen LogP contribution in [-0.4, -0.2) is 50.7 Å². The third-order valence-electron chi connectivity index (χ3n) is 5.37. The third kappa shape index (κ3) is 4.63. The van der Waals surface area contributed by atoms with Gasteiger partial charge in [0.25, 0.3) is 0 Å². The van der Waals surface area contributed by atoms with E-state index in [2.05, 4.69) is 38.3 Å². The van der Waals surface area contributed by atoms with Crippen molar-refractivity contribution in [1.29, 1.82) is 0 Å². The first-order valence-electron chi connectivity index (χ1n) is 10.0. The number of nitrogen functional groups attached to an aromatic ring is 1. The van der Waals surface area contributed by atoms with Crippen molar-refractivity contribution in [3.05, 3.63) is 6.33 Å². The van der Waals surface area contributed by atoms with Crippen LogP contribution in [0.25, 0.3) is 11.2 Å². The third-order valence-corrected chi connectivity index (χ3v) is 5.37. The van der Waals surface area contributed by atoms with E-state index < -0.39 is 0 Å². The molecule has 0 radical (unpaired) electrons. The smallest absolute Gasteiger partial charge is 0.320 e. The molecule has 144 valence electrons. The van der Waals surface area contributed by atoms with E-state index in [0.29, 0.717) is 24.0 Å². The molecule has 0 amide bonds. The van der Waals surface area contributed by atoms with Gasteiger partial charge in [0.15, 0.2) is 11.5 Å². The molecule has 0 bridgehead atoms. The van der Waals surface area contributed by atoms with Gasteiger partial charge in [-0.05, 0) is 57.7 Å². The summed E-state index contributed by atoms with van der Waals surface area (Å²) in [6.07, 6.45) is 8.93. The number of rotatable bonds is 9. The lowest BCUT2D eigenvalue weighted by atomic mass is 9.92. The fraction of sp³-hybridized carbons (Fsp3) is 0.737. The second-order valence-corrected chi connectivity index (χ2v) is 7.22. The molecule has 3 rings (SSSR count). The number of aromatic nitrogens is 4. The zero-order chi connectivity index (χ0) is 18.4. The molecule has 0 saturated carbocycles. The molecule has 7 nitrogen and oxygen atoms in total. The molecular formula is C19H32N6O. The van der Waals surface area contributed by atoms with E-state index in [1.807, 2.05) is 6.33 Å². The van der Waals surface area contributed by atoms with E-state index in [1.54, 1.807) is 0 Å². The lowest BCUT2D eigenvalue weighted by Crippen LogP contribution is -2.33. The fourth-order valence-electron chi connectivity index (χ4n) is 3.62. The molecule has 0 aliphatic carbocycles. The van der Waals surface area contributed by atoms with Crippen molar-refractivity contribution in [3.63, 3.8) is 0 Å². The summed E-state index contributed by atoms with van der Waals surface area (Å²) >= 11 is 0. The van der Waals surface area contributed by atoms with Crippen molar-refractivity contribution in [2.45, 2.75) is 58.9 Å². The number of unbranched alkanes of at least 4 members (excludes halogenated alkanes) is 1. The van der Waals surface area contributed by atoms with Gasteiger partial charge in [0.05, 0.1) is 12.9 Å². The second kappa shape index (κ2) is 9.16. The first-order valence-corrected chi connectivity index (χ1v) is 10.0. The number of anilines is 1. The number of ether oxygens (including phenoxy) is 1. The van der Waals surface area contributed by atoms with Crippen LogP contribution < -0.4 is 10.5 Å². The van der Waals surface area contributed by atoms with Crippen LogP contribution in [0.1, 0.15) is 52.4 Å². The zero-order valence-electron chi connectivity index (χ0n) is 16.2. The number of hydrogen-bond acceptors (Lipinski definition) is 6. The quantitative estimate of drug-likeness (QED) is 0.692. The van der Waals surface area contributed by atoms with Crippen molar-refractivity contribution < 1.29 is 4.74 Å². The van der Waals surface area contributed by atoms with E-state index in [4.69, 9.17) is 10.5 Å². The number of fused-ring (bicyclic) bond motifs is 1. The van der Waals surface area contributed by atoms with Gasteiger partial charge in [-0.3, -0.25) is 0 Å². The topological polar surface area (TPSA) is 82.1 Å². The standard InChI is InChI=1S/C19H32N6O/c1-3-5-13-26-19-22-17(20)16-18(23-19)25(14-21-16)10-6-7-15-8-11-24(4-2)12-9-15/h14-15H,3-13H2,1-2H3,(H2,20,22,23). The Morgan fingerprint density at radius 3 is 2.73 bits per heavy atom. The molecule has 1 saturated heterocycles. The number of piperidine rings is 1. The number of nitrogens with two attached hydrogens (primary N) is 1. The molecule has 2 aromatic rings. The molecule has 1 aliphatic rings. The van der Waals surface area contributed by atoms with E-state index in [0.717, 1.165) is 37.4 Å². The number of likely N-dealkylation sites (tertiary alicyclic amines) is 1. The van der Waals surface area contributed by atoms with Crippen molar-refractivity contribution >= 4 is 17.0 Å². The van der Waals surface area contributed by atoms with Gasteiger partial charge < -0.3 is 19.9 Å². The number of hydrogen-bond donors (Lipinski definition) is 1. The minimum atomic E-state index is 0.358. The van der Waals surface area contributed by atoms with Crippen molar-refractivity contribution in [2.24, 2.45) is 5.92 Å². The highest BCUT2D eigenvalue weighted by atomic mass is 16.5. The number of imidazole rings is 1. The molecule has 1 aliphatic heterocycles. The maximum Gasteiger partial charge on any atom is 0.320 e. The van der Waals surface area contributed by atoms with Crippen LogP contribution in [0.5, 0.6) is 6.01 Å². The molecule has 0 aromatic carbocycles. The van der Waals surface area contributed by atoms with Gasteiger partial charge in [0.1, 0.15) is 5.52 Å². The molecular weight excluding hydrogens is 328 g/mol. The summed E-state index contributed by atoms with van der Waals surface area (Å²) in [6, 6.07) is 0.358. The summed E-state index contributed by atoms with van der Waals surface area (Å²) in [5.74, 6) is 1.24. The first-order chi connectivity index (χ1) is 12.7. The maximum absolute atomic E-state index is 6.03. The van der Waals surface area contributed by atoms with Gasteiger partial charge in [-0.15, -0.1) is 0 Å². The van der Waals surface area contributed by atoms with Crippen molar-refractivity contribution in [1.82, 2.24) is 24.4 Å². The monoisotopic (exact) mass is 360 g/mol. The summed E-state index contributed by atoms with van der Waals surface area (Å²) < 4.78 is 7.72. The van der Waals surface area contributed by atoms with Gasteiger partial charge in [-0.25, -0.2) is 4.98 Å². The van der Waals surface area contributed by atoms with Crippen molar-refractivity contribution in [3.8, 4) is 6.01 Å². The van der Waals surface area contributed by atoms with Crippen LogP contribution in [0, 0.1) is 5.92 Å². The normalized spacial score (nSPS) is 16.4. The second-order valence-electron chi connectivity index (χ2n) is 7.22. The molecule has 3 heterocycles. The highest BCUT2D eigenvalue weighted by molar-refractivity contribution is 5.81. The molecule has 0 atom stereocenters. The summed E-state index contributed by atoms with van der Waals surface area (Å²) in [7, 11) is 0. The summed E-state index contributed by atoms with van der Waals surface area (Å²) in [4.78, 5) is 15.7. The van der Waals surface area contributed by atoms with Crippen molar-refractivity contribution in [2.75, 3.05) is 32.0 Å². The molecule has 2 aromatic heterocycles. The minimum Gasteiger partial charge on any atom is -0.463 e. The SMILES string of the molecule is CCCCOc1nc(N)c2ncn(CCCC3CCN(CC)CC3)c2n1. The van der Waals surface area contributed by atoms with Gasteiger partial charge in [-0.1, -0.05) is 20.3 Å². The van der Waals surface area contributed by atoms with Crippen LogP contribution in [0.4, 0.5) is 5.82 Å². The Balaban J connectivity index is 1.57. The van der Waals surface area contributed by atoms with E-state index >= 15 is 0 Å². The lowest BCUT2D eigenvalue weighted by molar-refractivity contribution is 0.184. The average Bonchev–Trinajstić information content (AvgIpc) is 3.06. The van der Waals surface area contributed by atoms with Gasteiger partial charge in [0.2, 0.25) is 0 Å². The van der Waals surface area contributed by atoms with Crippen LogP contribution >= 0.6 is 0 Å². The first kappa shape index (κ1) is 18.9. The maximum atomic E-state index is 6.03. The van der Waals surface area contributed by atoms with Gasteiger partial charge >= 0.3 is 6.01 Å².